The second kappa shape index (κ2) is 10.3. The predicted octanol–water partition coefficient (Wildman–Crippen LogP) is 5.26. The number of aromatic nitrogens is 4. The average Bonchev–Trinajstić information content (AvgIpc) is 3.60. The summed E-state index contributed by atoms with van der Waals surface area (Å²) in [5, 5.41) is 4.63. The molecule has 0 saturated carbocycles. The fourth-order valence-electron chi connectivity index (χ4n) is 3.65. The zero-order valence-electron chi connectivity index (χ0n) is 20.9. The van der Waals surface area contributed by atoms with E-state index in [2.05, 4.69) is 16.7 Å². The molecule has 0 N–H and O–H groups in total. The average molecular weight is 540 g/mol. The third-order valence-corrected chi connectivity index (χ3v) is 6.81. The maximum Gasteiger partial charge on any atom is 0.258 e. The van der Waals surface area contributed by atoms with Gasteiger partial charge in [0.25, 0.3) is 11.5 Å². The lowest BCUT2D eigenvalue weighted by Crippen LogP contribution is -2.31. The zero-order valence-corrected chi connectivity index (χ0v) is 22.5. The minimum absolute atomic E-state index is 0.120. The van der Waals surface area contributed by atoms with Crippen molar-refractivity contribution in [2.75, 3.05) is 11.9 Å². The lowest BCUT2D eigenvalue weighted by atomic mass is 9.96. The molecule has 0 aromatic carbocycles. The quantitative estimate of drug-likeness (QED) is 0.281. The Labute approximate surface area is 222 Å². The number of pyridine rings is 1. The smallest absolute Gasteiger partial charge is 0.258 e. The van der Waals surface area contributed by atoms with Crippen LogP contribution in [0.2, 0.25) is 4.34 Å². The van der Waals surface area contributed by atoms with Gasteiger partial charge in [-0.2, -0.15) is 9.78 Å². The third kappa shape index (κ3) is 5.65. The molecule has 0 unspecified atom stereocenters. The Kier molecular flexibility index (Phi) is 7.33. The topological polar surface area (TPSA) is 103 Å². The van der Waals surface area contributed by atoms with Gasteiger partial charge in [0.05, 0.1) is 23.1 Å². The van der Waals surface area contributed by atoms with Crippen molar-refractivity contribution >= 4 is 46.5 Å². The Hall–Kier alpha value is -3.76. The molecule has 11 heteroatoms. The van der Waals surface area contributed by atoms with E-state index in [0.29, 0.717) is 33.5 Å². The Bertz CT molecular complexity index is 1530. The van der Waals surface area contributed by atoms with Crippen LogP contribution in [0.4, 0.5) is 5.82 Å². The Morgan fingerprint density at radius 3 is 2.62 bits per heavy atom. The lowest BCUT2D eigenvalue weighted by Gasteiger charge is -2.22. The summed E-state index contributed by atoms with van der Waals surface area (Å²) < 4.78 is 8.23. The van der Waals surface area contributed by atoms with Gasteiger partial charge in [0.15, 0.2) is 6.39 Å². The molecule has 4 aromatic rings. The van der Waals surface area contributed by atoms with Crippen LogP contribution in [0.15, 0.2) is 58.9 Å². The number of nitrogens with zero attached hydrogens (tertiary/aromatic N) is 5. The van der Waals surface area contributed by atoms with Crippen molar-refractivity contribution < 1.29 is 14.0 Å². The largest absolute Gasteiger partial charge is 0.451 e. The van der Waals surface area contributed by atoms with E-state index in [1.54, 1.807) is 18.3 Å². The number of rotatable bonds is 8. The van der Waals surface area contributed by atoms with Gasteiger partial charge >= 0.3 is 0 Å². The number of carbonyl (C=O) groups is 2. The highest BCUT2D eigenvalue weighted by Crippen LogP contribution is 2.30. The Morgan fingerprint density at radius 1 is 1.27 bits per heavy atom. The molecule has 0 aliphatic rings. The van der Waals surface area contributed by atoms with Gasteiger partial charge in [0, 0.05) is 40.7 Å². The fraction of sp³-hybridized carbons (Fsp3) is 0.269. The summed E-state index contributed by atoms with van der Waals surface area (Å²) in [5.41, 5.74) is 0.361. The van der Waals surface area contributed by atoms with Gasteiger partial charge in [0.1, 0.15) is 17.8 Å². The molecule has 192 valence electrons. The minimum atomic E-state index is -0.694. The van der Waals surface area contributed by atoms with E-state index in [1.807, 2.05) is 44.9 Å². The highest BCUT2D eigenvalue weighted by atomic mass is 35.5. The number of oxazole rings is 1. The van der Waals surface area contributed by atoms with E-state index < -0.39 is 5.41 Å². The van der Waals surface area contributed by atoms with Crippen molar-refractivity contribution in [1.29, 1.82) is 0 Å². The molecular weight excluding hydrogens is 514 g/mol. The Morgan fingerprint density at radius 2 is 2.03 bits per heavy atom. The van der Waals surface area contributed by atoms with Crippen molar-refractivity contribution in [1.82, 2.24) is 19.3 Å². The number of hydrogen-bond donors (Lipinski definition) is 0. The van der Waals surface area contributed by atoms with Crippen molar-refractivity contribution in [3.8, 4) is 11.3 Å². The molecule has 0 aliphatic heterocycles. The highest BCUT2D eigenvalue weighted by molar-refractivity contribution is 7.16. The van der Waals surface area contributed by atoms with Crippen molar-refractivity contribution in [2.24, 2.45) is 5.41 Å². The van der Waals surface area contributed by atoms with Crippen LogP contribution in [0.5, 0.6) is 0 Å². The molecule has 0 aliphatic carbocycles. The van der Waals surface area contributed by atoms with Crippen LogP contribution in [-0.2, 0) is 13.1 Å². The fourth-order valence-corrected chi connectivity index (χ4v) is 4.79. The monoisotopic (exact) mass is 539 g/mol. The second-order valence-electron chi connectivity index (χ2n) is 9.53. The molecule has 0 atom stereocenters. The lowest BCUT2D eigenvalue weighted by molar-refractivity contribution is 0.0751. The van der Waals surface area contributed by atoms with Gasteiger partial charge in [-0.05, 0) is 18.2 Å². The molecule has 4 heterocycles. The van der Waals surface area contributed by atoms with Crippen LogP contribution in [0.1, 0.15) is 46.5 Å². The van der Waals surface area contributed by atoms with Gasteiger partial charge in [0.2, 0.25) is 5.78 Å². The molecule has 0 fully saturated rings. The number of Topliss-reactive ketones (excluding diaryl/α,β-unsaturated/α-hetero) is 1. The van der Waals surface area contributed by atoms with Gasteiger partial charge in [-0.15, -0.1) is 11.3 Å². The molecular formula is C26H26ClN5O4S. The Balaban J connectivity index is 1.78. The number of halogens is 1. The normalized spacial score (nSPS) is 11.5. The summed E-state index contributed by atoms with van der Waals surface area (Å²) in [4.78, 5) is 45.7. The molecule has 4 rings (SSSR count). The summed E-state index contributed by atoms with van der Waals surface area (Å²) in [6.07, 6.45) is 5.36. The number of ketones is 1. The second-order valence-corrected chi connectivity index (χ2v) is 11.3. The summed E-state index contributed by atoms with van der Waals surface area (Å²) in [6.45, 7) is 9.48. The minimum Gasteiger partial charge on any atom is -0.451 e. The molecule has 37 heavy (non-hydrogen) atoms. The number of hydrogen-bond acceptors (Lipinski definition) is 8. The first-order valence-electron chi connectivity index (χ1n) is 11.4. The van der Waals surface area contributed by atoms with E-state index in [0.717, 1.165) is 11.3 Å². The number of thiophene rings is 1. The molecule has 4 aromatic heterocycles. The van der Waals surface area contributed by atoms with Crippen LogP contribution in [-0.4, -0.2) is 38.1 Å². The van der Waals surface area contributed by atoms with Gasteiger partial charge in [-0.3, -0.25) is 14.4 Å². The standard InChI is InChI=1S/C26H26ClN5O4S/c1-6-16-9-17(11-31(24(16)34)13-21(33)20-14-36-15-28-20)19-10-23(32(29-19)25(35)26(2,3)4)30(5)12-18-7-8-22(27)37-18/h6-11,14-15H,1,12-13H2,2-5H3. The number of anilines is 1. The highest BCUT2D eigenvalue weighted by Gasteiger charge is 2.28. The maximum atomic E-state index is 13.3. The molecule has 9 nitrogen and oxygen atoms in total. The molecule has 0 spiro atoms. The summed E-state index contributed by atoms with van der Waals surface area (Å²) in [5.74, 6) is 0.00537. The van der Waals surface area contributed by atoms with Crippen LogP contribution in [0.3, 0.4) is 0 Å². The van der Waals surface area contributed by atoms with Crippen LogP contribution >= 0.6 is 22.9 Å². The van der Waals surface area contributed by atoms with E-state index in [9.17, 15) is 14.4 Å². The SMILES string of the molecule is C=Cc1cc(-c2cc(N(C)Cc3ccc(Cl)s3)n(C(=O)C(C)(C)C)n2)cn(CC(=O)c2cocn2)c1=O. The van der Waals surface area contributed by atoms with Crippen LogP contribution < -0.4 is 10.5 Å². The molecule has 0 bridgehead atoms. The molecule has 0 radical (unpaired) electrons. The summed E-state index contributed by atoms with van der Waals surface area (Å²) in [7, 11) is 1.87. The van der Waals surface area contributed by atoms with E-state index in [1.165, 1.54) is 32.9 Å². The van der Waals surface area contributed by atoms with Gasteiger partial charge in [-0.1, -0.05) is 45.0 Å². The molecule has 0 amide bonds. The first-order chi connectivity index (χ1) is 17.5. The third-order valence-electron chi connectivity index (χ3n) is 5.60. The van der Waals surface area contributed by atoms with Crippen LogP contribution in [0.25, 0.3) is 17.3 Å². The predicted molar refractivity (Wildman–Crippen MR) is 144 cm³/mol. The van der Waals surface area contributed by atoms with Crippen LogP contribution in [0, 0.1) is 5.41 Å². The zero-order chi connectivity index (χ0) is 26.9. The number of carbonyl (C=O) groups excluding carboxylic acids is 2. The summed E-state index contributed by atoms with van der Waals surface area (Å²) >= 11 is 7.56. The van der Waals surface area contributed by atoms with Crippen molar-refractivity contribution in [2.45, 2.75) is 33.9 Å². The van der Waals surface area contributed by atoms with Crippen molar-refractivity contribution in [3.63, 3.8) is 0 Å². The molecule has 0 saturated heterocycles. The first kappa shape index (κ1) is 26.3. The first-order valence-corrected chi connectivity index (χ1v) is 12.6. The van der Waals surface area contributed by atoms with E-state index in [-0.39, 0.29) is 29.5 Å². The van der Waals surface area contributed by atoms with Gasteiger partial charge < -0.3 is 13.9 Å². The van der Waals surface area contributed by atoms with Crippen molar-refractivity contribution in [3.05, 3.63) is 80.5 Å². The van der Waals surface area contributed by atoms with E-state index in [4.69, 9.17) is 16.0 Å². The summed E-state index contributed by atoms with van der Waals surface area (Å²) in [6, 6.07) is 7.20. The van der Waals surface area contributed by atoms with Gasteiger partial charge in [-0.25, -0.2) is 4.98 Å². The van der Waals surface area contributed by atoms with E-state index >= 15 is 0 Å². The maximum absolute atomic E-state index is 13.3.